The Morgan fingerprint density at radius 3 is 2.68 bits per heavy atom. The summed E-state index contributed by atoms with van der Waals surface area (Å²) in [4.78, 5) is 13.8. The van der Waals surface area contributed by atoms with Gasteiger partial charge in [-0.3, -0.25) is 4.90 Å². The number of nitrogens with one attached hydrogen (secondary N) is 1. The molecule has 1 amide bonds. The molecule has 2 fully saturated rings. The molecule has 2 aliphatic rings. The summed E-state index contributed by atoms with van der Waals surface area (Å²) in [5.74, 6) is 3.00. The lowest BCUT2D eigenvalue weighted by atomic mass is 9.79. The molecule has 1 heterocycles. The van der Waals surface area contributed by atoms with Gasteiger partial charge in [-0.2, -0.15) is 0 Å². The van der Waals surface area contributed by atoms with Crippen LogP contribution in [-0.2, 0) is 4.74 Å². The molecule has 4 nitrogen and oxygen atoms in total. The second-order valence-corrected chi connectivity index (χ2v) is 5.60. The van der Waals surface area contributed by atoms with Crippen molar-refractivity contribution in [2.24, 2.45) is 0 Å². The number of carbonyl (C=O) groups is 1. The van der Waals surface area contributed by atoms with Crippen LogP contribution in [0.2, 0.25) is 0 Å². The quantitative estimate of drug-likeness (QED) is 0.791. The zero-order chi connectivity index (χ0) is 13.7. The maximum Gasteiger partial charge on any atom is 0.407 e. The number of hydrogen-bond acceptors (Lipinski definition) is 3. The Bertz CT molecular complexity index is 350. The predicted octanol–water partition coefficient (Wildman–Crippen LogP) is 2.14. The molecule has 0 atom stereocenters. The van der Waals surface area contributed by atoms with Crippen LogP contribution in [0.3, 0.4) is 0 Å². The highest BCUT2D eigenvalue weighted by molar-refractivity contribution is 5.67. The highest BCUT2D eigenvalue weighted by Crippen LogP contribution is 2.36. The Labute approximate surface area is 115 Å². The van der Waals surface area contributed by atoms with Crippen molar-refractivity contribution in [3.63, 3.8) is 0 Å². The van der Waals surface area contributed by atoms with Crippen LogP contribution in [0.5, 0.6) is 0 Å². The lowest BCUT2D eigenvalue weighted by Gasteiger charge is -2.50. The summed E-state index contributed by atoms with van der Waals surface area (Å²) >= 11 is 0. The van der Waals surface area contributed by atoms with Gasteiger partial charge in [-0.25, -0.2) is 4.79 Å². The molecule has 1 aliphatic heterocycles. The van der Waals surface area contributed by atoms with Gasteiger partial charge in [0.1, 0.15) is 6.10 Å². The minimum atomic E-state index is -0.301. The van der Waals surface area contributed by atoms with Crippen LogP contribution in [0.15, 0.2) is 0 Å². The molecule has 4 heteroatoms. The molecule has 2 rings (SSSR count). The molecule has 0 bridgehead atoms. The number of likely N-dealkylation sites (tertiary alicyclic amines) is 1. The van der Waals surface area contributed by atoms with E-state index in [2.05, 4.69) is 16.1 Å². The van der Waals surface area contributed by atoms with E-state index in [1.165, 1.54) is 19.3 Å². The Hall–Kier alpha value is -1.21. The number of ether oxygens (including phenoxy) is 1. The van der Waals surface area contributed by atoms with Gasteiger partial charge in [0.25, 0.3) is 0 Å². The standard InChI is InChI=1S/C15H24N2O2/c1-3-10-16-14(18)19-13-11-17(12-13)15(4-2)8-6-5-7-9-15/h2,13H,3,5-12H2,1H3,(H,16,18). The van der Waals surface area contributed by atoms with Gasteiger partial charge in [0, 0.05) is 19.6 Å². The Morgan fingerprint density at radius 2 is 2.11 bits per heavy atom. The monoisotopic (exact) mass is 264 g/mol. The van der Waals surface area contributed by atoms with Gasteiger partial charge >= 0.3 is 6.09 Å². The molecule has 1 N–H and O–H groups in total. The van der Waals surface area contributed by atoms with Crippen molar-refractivity contribution in [3.8, 4) is 12.3 Å². The first-order chi connectivity index (χ1) is 9.20. The molecule has 0 unspecified atom stereocenters. The van der Waals surface area contributed by atoms with Crippen LogP contribution in [0.25, 0.3) is 0 Å². The molecule has 1 saturated heterocycles. The lowest BCUT2D eigenvalue weighted by molar-refractivity contribution is -0.0640. The van der Waals surface area contributed by atoms with E-state index in [1.807, 2.05) is 6.92 Å². The number of terminal acetylenes is 1. The van der Waals surface area contributed by atoms with Crippen LogP contribution in [-0.4, -0.2) is 42.3 Å². The van der Waals surface area contributed by atoms with E-state index in [4.69, 9.17) is 11.2 Å². The van der Waals surface area contributed by atoms with E-state index in [0.29, 0.717) is 6.54 Å². The fourth-order valence-corrected chi connectivity index (χ4v) is 2.97. The van der Waals surface area contributed by atoms with Crippen molar-refractivity contribution in [3.05, 3.63) is 0 Å². The third-order valence-corrected chi connectivity index (χ3v) is 4.20. The van der Waals surface area contributed by atoms with E-state index in [0.717, 1.165) is 32.4 Å². The molecular weight excluding hydrogens is 240 g/mol. The SMILES string of the molecule is C#CC1(N2CC(OC(=O)NCCC)C2)CCCCC1. The van der Waals surface area contributed by atoms with Crippen molar-refractivity contribution in [2.75, 3.05) is 19.6 Å². The average Bonchev–Trinajstić information content (AvgIpc) is 2.40. The van der Waals surface area contributed by atoms with E-state index < -0.39 is 0 Å². The number of amides is 1. The maximum atomic E-state index is 11.4. The molecule has 106 valence electrons. The first-order valence-corrected chi connectivity index (χ1v) is 7.37. The summed E-state index contributed by atoms with van der Waals surface area (Å²) in [5.41, 5.74) is -0.0714. The summed E-state index contributed by atoms with van der Waals surface area (Å²) in [6, 6.07) is 0. The lowest BCUT2D eigenvalue weighted by Crippen LogP contribution is -2.63. The minimum Gasteiger partial charge on any atom is -0.444 e. The second-order valence-electron chi connectivity index (χ2n) is 5.60. The highest BCUT2D eigenvalue weighted by atomic mass is 16.6. The molecule has 0 radical (unpaired) electrons. The first-order valence-electron chi connectivity index (χ1n) is 7.37. The molecule has 1 aliphatic carbocycles. The van der Waals surface area contributed by atoms with Crippen LogP contribution in [0.1, 0.15) is 45.4 Å². The van der Waals surface area contributed by atoms with Crippen molar-refractivity contribution >= 4 is 6.09 Å². The van der Waals surface area contributed by atoms with Crippen LogP contribution in [0.4, 0.5) is 4.79 Å². The van der Waals surface area contributed by atoms with Crippen LogP contribution >= 0.6 is 0 Å². The zero-order valence-corrected chi connectivity index (χ0v) is 11.8. The zero-order valence-electron chi connectivity index (χ0n) is 11.8. The molecule has 19 heavy (non-hydrogen) atoms. The van der Waals surface area contributed by atoms with Crippen molar-refractivity contribution < 1.29 is 9.53 Å². The Morgan fingerprint density at radius 1 is 1.42 bits per heavy atom. The number of hydrogen-bond donors (Lipinski definition) is 1. The van der Waals surface area contributed by atoms with Crippen LogP contribution < -0.4 is 5.32 Å². The molecule has 0 spiro atoms. The smallest absolute Gasteiger partial charge is 0.407 e. The number of alkyl carbamates (subject to hydrolysis) is 1. The summed E-state index contributed by atoms with van der Waals surface area (Å²) < 4.78 is 5.34. The van der Waals surface area contributed by atoms with E-state index in [9.17, 15) is 4.79 Å². The van der Waals surface area contributed by atoms with Crippen molar-refractivity contribution in [1.82, 2.24) is 10.2 Å². The van der Waals surface area contributed by atoms with E-state index >= 15 is 0 Å². The molecule has 0 aromatic rings. The number of carbonyl (C=O) groups excluding carboxylic acids is 1. The summed E-state index contributed by atoms with van der Waals surface area (Å²) in [6.45, 7) is 4.25. The molecule has 0 aromatic heterocycles. The Kier molecular flexibility index (Phi) is 4.71. The van der Waals surface area contributed by atoms with E-state index in [-0.39, 0.29) is 17.7 Å². The normalized spacial score (nSPS) is 23.2. The fourth-order valence-electron chi connectivity index (χ4n) is 2.97. The molecule has 1 saturated carbocycles. The van der Waals surface area contributed by atoms with Gasteiger partial charge in [-0.05, 0) is 19.3 Å². The summed E-state index contributed by atoms with van der Waals surface area (Å²) in [6.07, 6.45) is 12.2. The average molecular weight is 264 g/mol. The summed E-state index contributed by atoms with van der Waals surface area (Å²) in [5, 5.41) is 2.73. The van der Waals surface area contributed by atoms with Crippen molar-refractivity contribution in [2.45, 2.75) is 57.1 Å². The highest BCUT2D eigenvalue weighted by Gasteiger charge is 2.44. The molecule has 0 aromatic carbocycles. The Balaban J connectivity index is 1.76. The van der Waals surface area contributed by atoms with Gasteiger partial charge < -0.3 is 10.1 Å². The number of rotatable bonds is 4. The first kappa shape index (κ1) is 14.2. The van der Waals surface area contributed by atoms with Gasteiger partial charge in [0.05, 0.1) is 5.54 Å². The van der Waals surface area contributed by atoms with Gasteiger partial charge in [0.15, 0.2) is 0 Å². The summed E-state index contributed by atoms with van der Waals surface area (Å²) in [7, 11) is 0. The van der Waals surface area contributed by atoms with Gasteiger partial charge in [-0.15, -0.1) is 6.42 Å². The fraction of sp³-hybridized carbons (Fsp3) is 0.800. The van der Waals surface area contributed by atoms with Crippen molar-refractivity contribution in [1.29, 1.82) is 0 Å². The van der Waals surface area contributed by atoms with Gasteiger partial charge in [-0.1, -0.05) is 32.1 Å². The topological polar surface area (TPSA) is 41.6 Å². The second kappa shape index (κ2) is 6.29. The third kappa shape index (κ3) is 3.22. The van der Waals surface area contributed by atoms with Gasteiger partial charge in [0.2, 0.25) is 0 Å². The van der Waals surface area contributed by atoms with Crippen LogP contribution in [0, 0.1) is 12.3 Å². The predicted molar refractivity (Wildman–Crippen MR) is 74.8 cm³/mol. The third-order valence-electron chi connectivity index (χ3n) is 4.20. The largest absolute Gasteiger partial charge is 0.444 e. The van der Waals surface area contributed by atoms with E-state index in [1.54, 1.807) is 0 Å². The number of nitrogens with zero attached hydrogens (tertiary/aromatic N) is 1. The minimum absolute atomic E-state index is 0.00371. The molecular formula is C15H24N2O2. The maximum absolute atomic E-state index is 11.4.